The van der Waals surface area contributed by atoms with Gasteiger partial charge in [-0.15, -0.1) is 0 Å². The number of rotatable bonds is 3. The Bertz CT molecular complexity index is 475. The largest absolute Gasteiger partial charge is 0.327 e. The van der Waals surface area contributed by atoms with Crippen LogP contribution >= 0.6 is 0 Å². The van der Waals surface area contributed by atoms with Crippen molar-refractivity contribution < 1.29 is 4.39 Å². The van der Waals surface area contributed by atoms with Crippen LogP contribution in [0.3, 0.4) is 0 Å². The molecule has 2 heteroatoms. The van der Waals surface area contributed by atoms with Gasteiger partial charge in [0, 0.05) is 6.04 Å². The summed E-state index contributed by atoms with van der Waals surface area (Å²) in [5.41, 5.74) is 7.73. The van der Waals surface area contributed by atoms with E-state index in [1.807, 2.05) is 12.1 Å². The lowest BCUT2D eigenvalue weighted by molar-refractivity contribution is -0.0668. The molecule has 108 valence electrons. The third-order valence-electron chi connectivity index (χ3n) is 6.27. The van der Waals surface area contributed by atoms with Crippen LogP contribution < -0.4 is 5.73 Å². The maximum absolute atomic E-state index is 13.9. The highest BCUT2D eigenvalue weighted by atomic mass is 19.1. The number of benzene rings is 1. The van der Waals surface area contributed by atoms with Crippen LogP contribution in [-0.2, 0) is 6.42 Å². The first-order valence-electron chi connectivity index (χ1n) is 8.14. The summed E-state index contributed by atoms with van der Waals surface area (Å²) in [5, 5.41) is 0. The molecule has 1 nitrogen and oxygen atoms in total. The molecule has 4 saturated carbocycles. The maximum atomic E-state index is 13.9. The predicted molar refractivity (Wildman–Crippen MR) is 78.7 cm³/mol. The minimum absolute atomic E-state index is 0.0901. The van der Waals surface area contributed by atoms with Crippen molar-refractivity contribution in [2.24, 2.45) is 28.9 Å². The van der Waals surface area contributed by atoms with Gasteiger partial charge in [0.15, 0.2) is 0 Å². The minimum atomic E-state index is -0.0901. The number of nitrogens with two attached hydrogens (primary N) is 1. The van der Waals surface area contributed by atoms with Gasteiger partial charge in [-0.25, -0.2) is 4.39 Å². The Morgan fingerprint density at radius 3 is 2.15 bits per heavy atom. The monoisotopic (exact) mass is 273 g/mol. The van der Waals surface area contributed by atoms with E-state index < -0.39 is 0 Å². The molecule has 0 aliphatic heterocycles. The van der Waals surface area contributed by atoms with E-state index in [0.717, 1.165) is 23.3 Å². The first kappa shape index (κ1) is 12.8. The minimum Gasteiger partial charge on any atom is -0.327 e. The smallest absolute Gasteiger partial charge is 0.126 e. The van der Waals surface area contributed by atoms with Crippen molar-refractivity contribution in [2.75, 3.05) is 0 Å². The third-order valence-corrected chi connectivity index (χ3v) is 6.27. The van der Waals surface area contributed by atoms with Crippen molar-refractivity contribution in [2.45, 2.75) is 51.0 Å². The van der Waals surface area contributed by atoms with Crippen molar-refractivity contribution in [3.8, 4) is 0 Å². The summed E-state index contributed by atoms with van der Waals surface area (Å²) in [5.74, 6) is 2.64. The molecule has 20 heavy (non-hydrogen) atoms. The fourth-order valence-electron chi connectivity index (χ4n) is 5.75. The molecule has 5 rings (SSSR count). The second-order valence-corrected chi connectivity index (χ2v) is 7.68. The van der Waals surface area contributed by atoms with Gasteiger partial charge in [0.25, 0.3) is 0 Å². The van der Waals surface area contributed by atoms with E-state index in [9.17, 15) is 4.39 Å². The van der Waals surface area contributed by atoms with Crippen molar-refractivity contribution in [3.63, 3.8) is 0 Å². The fourth-order valence-corrected chi connectivity index (χ4v) is 5.75. The van der Waals surface area contributed by atoms with Crippen molar-refractivity contribution in [1.29, 1.82) is 0 Å². The summed E-state index contributed by atoms with van der Waals surface area (Å²) in [7, 11) is 0. The molecule has 1 unspecified atom stereocenters. The average molecular weight is 273 g/mol. The normalized spacial score (nSPS) is 40.0. The molecule has 1 aromatic rings. The highest BCUT2D eigenvalue weighted by Crippen LogP contribution is 2.61. The van der Waals surface area contributed by atoms with Crippen LogP contribution in [0, 0.1) is 29.0 Å². The van der Waals surface area contributed by atoms with Gasteiger partial charge in [0.1, 0.15) is 5.82 Å². The Kier molecular flexibility index (Phi) is 2.92. The van der Waals surface area contributed by atoms with Crippen molar-refractivity contribution in [1.82, 2.24) is 0 Å². The van der Waals surface area contributed by atoms with Crippen molar-refractivity contribution >= 4 is 0 Å². The summed E-state index contributed by atoms with van der Waals surface area (Å²) in [6.45, 7) is 0. The third kappa shape index (κ3) is 2.00. The van der Waals surface area contributed by atoms with Gasteiger partial charge >= 0.3 is 0 Å². The van der Waals surface area contributed by atoms with Crippen LogP contribution in [0.15, 0.2) is 24.3 Å². The van der Waals surface area contributed by atoms with Gasteiger partial charge < -0.3 is 5.73 Å². The van der Waals surface area contributed by atoms with E-state index in [4.69, 9.17) is 5.73 Å². The highest BCUT2D eigenvalue weighted by Gasteiger charge is 2.53. The van der Waals surface area contributed by atoms with Gasteiger partial charge in [-0.2, -0.15) is 0 Å². The molecule has 0 radical (unpaired) electrons. The maximum Gasteiger partial charge on any atom is 0.126 e. The molecule has 2 N–H and O–H groups in total. The van der Waals surface area contributed by atoms with Gasteiger partial charge in [-0.3, -0.25) is 0 Å². The van der Waals surface area contributed by atoms with E-state index in [1.54, 1.807) is 12.1 Å². The van der Waals surface area contributed by atoms with Crippen LogP contribution in [0.25, 0.3) is 0 Å². The average Bonchev–Trinajstić information content (AvgIpc) is 2.40. The molecule has 4 bridgehead atoms. The van der Waals surface area contributed by atoms with Gasteiger partial charge in [-0.1, -0.05) is 18.2 Å². The molecule has 1 aromatic carbocycles. The molecule has 4 aliphatic carbocycles. The first-order valence-corrected chi connectivity index (χ1v) is 8.14. The van der Waals surface area contributed by atoms with E-state index in [2.05, 4.69) is 0 Å². The SMILES string of the molecule is NC(Cc1ccccc1F)C12CC3CC(CC(C3)C1)C2. The lowest BCUT2D eigenvalue weighted by Crippen LogP contribution is -2.55. The predicted octanol–water partition coefficient (Wildman–Crippen LogP) is 3.91. The second-order valence-electron chi connectivity index (χ2n) is 7.68. The van der Waals surface area contributed by atoms with Gasteiger partial charge in [0.05, 0.1) is 0 Å². The molecule has 4 fully saturated rings. The van der Waals surface area contributed by atoms with E-state index in [0.29, 0.717) is 11.8 Å². The first-order chi connectivity index (χ1) is 9.64. The Morgan fingerprint density at radius 1 is 1.05 bits per heavy atom. The van der Waals surface area contributed by atoms with Crippen molar-refractivity contribution in [3.05, 3.63) is 35.6 Å². The molecule has 0 saturated heterocycles. The van der Waals surface area contributed by atoms with E-state index in [1.165, 1.54) is 38.5 Å². The summed E-state index contributed by atoms with van der Waals surface area (Å²) < 4.78 is 13.9. The number of halogens is 1. The molecule has 0 aromatic heterocycles. The Morgan fingerprint density at radius 2 is 1.60 bits per heavy atom. The van der Waals surface area contributed by atoms with Gasteiger partial charge in [-0.05, 0) is 79.7 Å². The lowest BCUT2D eigenvalue weighted by Gasteiger charge is -2.59. The highest BCUT2D eigenvalue weighted by molar-refractivity contribution is 5.20. The Labute approximate surface area is 120 Å². The fraction of sp³-hybridized carbons (Fsp3) is 0.667. The molecule has 1 atom stereocenters. The zero-order valence-corrected chi connectivity index (χ0v) is 12.0. The molecule has 0 spiro atoms. The lowest BCUT2D eigenvalue weighted by atomic mass is 9.47. The van der Waals surface area contributed by atoms with Crippen LogP contribution in [-0.4, -0.2) is 6.04 Å². The van der Waals surface area contributed by atoms with Gasteiger partial charge in [0.2, 0.25) is 0 Å². The quantitative estimate of drug-likeness (QED) is 0.887. The molecular formula is C18H24FN. The Balaban J connectivity index is 1.56. The summed E-state index contributed by atoms with van der Waals surface area (Å²) >= 11 is 0. The molecule has 0 heterocycles. The van der Waals surface area contributed by atoms with E-state index in [-0.39, 0.29) is 11.9 Å². The Hall–Kier alpha value is -0.890. The van der Waals surface area contributed by atoms with Crippen LogP contribution in [0.4, 0.5) is 4.39 Å². The summed E-state index contributed by atoms with van der Waals surface area (Å²) in [6, 6.07) is 7.27. The summed E-state index contributed by atoms with van der Waals surface area (Å²) in [4.78, 5) is 0. The van der Waals surface area contributed by atoms with E-state index >= 15 is 0 Å². The van der Waals surface area contributed by atoms with Crippen LogP contribution in [0.1, 0.15) is 44.1 Å². The summed E-state index contributed by atoms with van der Waals surface area (Å²) in [6.07, 6.45) is 8.92. The molecule has 4 aliphatic rings. The topological polar surface area (TPSA) is 26.0 Å². The second kappa shape index (κ2) is 4.56. The molecule has 0 amide bonds. The molecular weight excluding hydrogens is 249 g/mol. The standard InChI is InChI=1S/C18H24FN/c19-16-4-2-1-3-15(16)8-17(20)18-9-12-5-13(10-18)7-14(6-12)11-18/h1-4,12-14,17H,5-11,20H2. The zero-order chi connectivity index (χ0) is 13.7. The van der Waals surface area contributed by atoms with Crippen LogP contribution in [0.2, 0.25) is 0 Å². The van der Waals surface area contributed by atoms with Crippen LogP contribution in [0.5, 0.6) is 0 Å². The number of hydrogen-bond acceptors (Lipinski definition) is 1. The zero-order valence-electron chi connectivity index (χ0n) is 12.0. The number of hydrogen-bond donors (Lipinski definition) is 1.